The summed E-state index contributed by atoms with van der Waals surface area (Å²) in [5.74, 6) is 0. The molecular weight excluding hydrogens is 240 g/mol. The zero-order chi connectivity index (χ0) is 14.6. The number of rotatable bonds is 13. The Morgan fingerprint density at radius 3 is 1.32 bits per heavy atom. The van der Waals surface area contributed by atoms with E-state index in [4.69, 9.17) is 14.9 Å². The molecule has 0 saturated carbocycles. The molecule has 19 heavy (non-hydrogen) atoms. The van der Waals surface area contributed by atoms with E-state index >= 15 is 0 Å². The fourth-order valence-corrected chi connectivity index (χ4v) is 1.59. The van der Waals surface area contributed by atoms with Crippen LogP contribution in [0.5, 0.6) is 0 Å². The van der Waals surface area contributed by atoms with Crippen LogP contribution >= 0.6 is 0 Å². The summed E-state index contributed by atoms with van der Waals surface area (Å²) in [7, 11) is 0. The molecule has 0 spiro atoms. The molecule has 0 aromatic carbocycles. The third-order valence-electron chi connectivity index (χ3n) is 2.85. The second-order valence-corrected chi connectivity index (χ2v) is 4.89. The molecule has 0 bridgehead atoms. The van der Waals surface area contributed by atoms with Crippen LogP contribution in [-0.2, 0) is 4.74 Å². The van der Waals surface area contributed by atoms with E-state index in [-0.39, 0.29) is 13.2 Å². The molecule has 0 aromatic rings. The van der Waals surface area contributed by atoms with Crippen LogP contribution < -0.4 is 0 Å². The monoisotopic (exact) mass is 276 g/mol. The van der Waals surface area contributed by atoms with Gasteiger partial charge < -0.3 is 14.9 Å². The van der Waals surface area contributed by atoms with E-state index in [2.05, 4.69) is 13.8 Å². The van der Waals surface area contributed by atoms with Crippen LogP contribution in [0.2, 0.25) is 0 Å². The van der Waals surface area contributed by atoms with Crippen molar-refractivity contribution < 1.29 is 14.9 Å². The second-order valence-electron chi connectivity index (χ2n) is 4.89. The lowest BCUT2D eigenvalue weighted by Gasteiger charge is -2.03. The molecule has 2 N–H and O–H groups in total. The van der Waals surface area contributed by atoms with Crippen LogP contribution in [0.25, 0.3) is 0 Å². The zero-order valence-electron chi connectivity index (χ0n) is 13.2. The maximum absolute atomic E-state index is 8.09. The molecule has 0 rings (SSSR count). The van der Waals surface area contributed by atoms with Gasteiger partial charge in [0.15, 0.2) is 0 Å². The predicted octanol–water partition coefficient (Wildman–Crippen LogP) is 3.91. The molecule has 0 aliphatic carbocycles. The van der Waals surface area contributed by atoms with Gasteiger partial charge in [-0.2, -0.15) is 0 Å². The molecule has 0 amide bonds. The number of aliphatic hydroxyl groups is 2. The minimum Gasteiger partial charge on any atom is -0.396 e. The molecule has 0 fully saturated rings. The number of unbranched alkanes of at least 4 members (excludes halogenated alkanes) is 7. The first kappa shape index (κ1) is 21.2. The van der Waals surface area contributed by atoms with Gasteiger partial charge in [0.05, 0.1) is 0 Å². The second kappa shape index (κ2) is 23.0. The first-order valence-electron chi connectivity index (χ1n) is 8.12. The van der Waals surface area contributed by atoms with E-state index in [9.17, 15) is 0 Å². The average molecular weight is 276 g/mol. The van der Waals surface area contributed by atoms with Crippen LogP contribution in [0.1, 0.15) is 78.1 Å². The van der Waals surface area contributed by atoms with Gasteiger partial charge in [-0.1, -0.05) is 52.4 Å². The van der Waals surface area contributed by atoms with Gasteiger partial charge in [0.2, 0.25) is 0 Å². The Bertz CT molecular complexity index is 115. The third kappa shape index (κ3) is 27.2. The molecular formula is C16H36O3. The molecule has 0 aliphatic rings. The number of aliphatic hydroxyl groups excluding tert-OH is 2. The predicted molar refractivity (Wildman–Crippen MR) is 82.5 cm³/mol. The summed E-state index contributed by atoms with van der Waals surface area (Å²) in [6, 6.07) is 0. The van der Waals surface area contributed by atoms with E-state index in [0.29, 0.717) is 0 Å². The number of hydrogen-bond donors (Lipinski definition) is 2. The van der Waals surface area contributed by atoms with Crippen LogP contribution in [0.3, 0.4) is 0 Å². The largest absolute Gasteiger partial charge is 0.396 e. The third-order valence-corrected chi connectivity index (χ3v) is 2.85. The normalized spacial score (nSPS) is 10.1. The van der Waals surface area contributed by atoms with Crippen molar-refractivity contribution in [1.82, 2.24) is 0 Å². The lowest BCUT2D eigenvalue weighted by molar-refractivity contribution is 0.126. The van der Waals surface area contributed by atoms with Crippen molar-refractivity contribution in [1.29, 1.82) is 0 Å². The molecule has 0 radical (unpaired) electrons. The number of hydrogen-bond acceptors (Lipinski definition) is 3. The zero-order valence-corrected chi connectivity index (χ0v) is 13.2. The highest BCUT2D eigenvalue weighted by atomic mass is 16.5. The summed E-state index contributed by atoms with van der Waals surface area (Å²) in [5.41, 5.74) is 0. The SMILES string of the molecule is CCCCCCOCCCCCC.OCCCCO. The van der Waals surface area contributed by atoms with Crippen LogP contribution in [0.4, 0.5) is 0 Å². The van der Waals surface area contributed by atoms with E-state index < -0.39 is 0 Å². The summed E-state index contributed by atoms with van der Waals surface area (Å²) in [6.45, 7) is 6.83. The molecule has 3 nitrogen and oxygen atoms in total. The van der Waals surface area contributed by atoms with Gasteiger partial charge >= 0.3 is 0 Å². The topological polar surface area (TPSA) is 49.7 Å². The molecule has 118 valence electrons. The molecule has 0 saturated heterocycles. The highest BCUT2D eigenvalue weighted by Gasteiger charge is 1.90. The highest BCUT2D eigenvalue weighted by Crippen LogP contribution is 2.01. The summed E-state index contributed by atoms with van der Waals surface area (Å²) >= 11 is 0. The first-order chi connectivity index (χ1) is 9.33. The number of ether oxygens (including phenoxy) is 1. The minimum absolute atomic E-state index is 0.195. The fourth-order valence-electron chi connectivity index (χ4n) is 1.59. The molecule has 0 unspecified atom stereocenters. The van der Waals surface area contributed by atoms with Crippen molar-refractivity contribution in [2.75, 3.05) is 26.4 Å². The molecule has 3 heteroatoms. The molecule has 0 aliphatic heterocycles. The van der Waals surface area contributed by atoms with Gasteiger partial charge in [-0.05, 0) is 25.7 Å². The highest BCUT2D eigenvalue weighted by molar-refractivity contribution is 4.41. The van der Waals surface area contributed by atoms with Gasteiger partial charge in [0.1, 0.15) is 0 Å². The van der Waals surface area contributed by atoms with Crippen LogP contribution in [0, 0.1) is 0 Å². The van der Waals surface area contributed by atoms with Crippen molar-refractivity contribution in [2.45, 2.75) is 78.1 Å². The summed E-state index contributed by atoms with van der Waals surface area (Å²) in [5, 5.41) is 16.2. The van der Waals surface area contributed by atoms with E-state index in [1.165, 1.54) is 51.4 Å². The Morgan fingerprint density at radius 1 is 0.579 bits per heavy atom. The van der Waals surface area contributed by atoms with Crippen molar-refractivity contribution in [3.63, 3.8) is 0 Å². The fraction of sp³-hybridized carbons (Fsp3) is 1.00. The van der Waals surface area contributed by atoms with E-state index in [1.54, 1.807) is 0 Å². The van der Waals surface area contributed by atoms with Crippen LogP contribution in [-0.4, -0.2) is 36.6 Å². The Kier molecular flexibility index (Phi) is 25.7. The van der Waals surface area contributed by atoms with Gasteiger partial charge in [-0.25, -0.2) is 0 Å². The first-order valence-corrected chi connectivity index (χ1v) is 8.12. The van der Waals surface area contributed by atoms with Crippen molar-refractivity contribution in [3.8, 4) is 0 Å². The Balaban J connectivity index is 0. The molecule has 0 heterocycles. The standard InChI is InChI=1S/C12H26O.C4H10O2/c1-3-5-7-9-11-13-12-10-8-6-4-2;5-3-1-2-4-6/h3-12H2,1-2H3;5-6H,1-4H2. The summed E-state index contributed by atoms with van der Waals surface area (Å²) in [4.78, 5) is 0. The maximum Gasteiger partial charge on any atom is 0.0466 e. The quantitative estimate of drug-likeness (QED) is 0.501. The van der Waals surface area contributed by atoms with Crippen molar-refractivity contribution in [3.05, 3.63) is 0 Å². The van der Waals surface area contributed by atoms with Gasteiger partial charge in [-0.15, -0.1) is 0 Å². The average Bonchev–Trinajstić information content (AvgIpc) is 2.44. The Labute approximate surface area is 120 Å². The van der Waals surface area contributed by atoms with Crippen molar-refractivity contribution >= 4 is 0 Å². The van der Waals surface area contributed by atoms with E-state index in [0.717, 1.165) is 26.1 Å². The lowest BCUT2D eigenvalue weighted by Crippen LogP contribution is -1.96. The summed E-state index contributed by atoms with van der Waals surface area (Å²) < 4.78 is 5.53. The van der Waals surface area contributed by atoms with Crippen molar-refractivity contribution in [2.24, 2.45) is 0 Å². The van der Waals surface area contributed by atoms with E-state index in [1.807, 2.05) is 0 Å². The molecule has 0 aromatic heterocycles. The lowest BCUT2D eigenvalue weighted by atomic mass is 10.2. The smallest absolute Gasteiger partial charge is 0.0466 e. The van der Waals surface area contributed by atoms with Gasteiger partial charge in [0.25, 0.3) is 0 Å². The summed E-state index contributed by atoms with van der Waals surface area (Å²) in [6.07, 6.45) is 12.0. The van der Waals surface area contributed by atoms with Crippen LogP contribution in [0.15, 0.2) is 0 Å². The van der Waals surface area contributed by atoms with Gasteiger partial charge in [0, 0.05) is 26.4 Å². The maximum atomic E-state index is 8.09. The minimum atomic E-state index is 0.195. The molecule has 0 atom stereocenters. The Hall–Kier alpha value is -0.120. The van der Waals surface area contributed by atoms with Gasteiger partial charge in [-0.3, -0.25) is 0 Å². The Morgan fingerprint density at radius 2 is 1.00 bits per heavy atom.